The summed E-state index contributed by atoms with van der Waals surface area (Å²) in [4.78, 5) is 23.1. The van der Waals surface area contributed by atoms with Gasteiger partial charge in [-0.1, -0.05) is 23.3 Å². The molecule has 0 bridgehead atoms. The summed E-state index contributed by atoms with van der Waals surface area (Å²) in [6, 6.07) is 4.57. The number of aryl methyl sites for hydroxylation is 2. The molecule has 0 fully saturated rings. The number of hydrogen-bond donors (Lipinski definition) is 2. The highest BCUT2D eigenvalue weighted by molar-refractivity contribution is 5.96. The van der Waals surface area contributed by atoms with E-state index in [1.54, 1.807) is 18.2 Å². The van der Waals surface area contributed by atoms with Gasteiger partial charge in [0.05, 0.1) is 0 Å². The van der Waals surface area contributed by atoms with Gasteiger partial charge in [0.2, 0.25) is 0 Å². The van der Waals surface area contributed by atoms with Crippen molar-refractivity contribution in [2.75, 3.05) is 0 Å². The van der Waals surface area contributed by atoms with Gasteiger partial charge in [0.25, 0.3) is 5.91 Å². The number of carboxylic acid groups (broad SMARTS) is 1. The smallest absolute Gasteiger partial charge is 0.326 e. The Hall–Kier alpha value is -2.10. The molecule has 102 valence electrons. The van der Waals surface area contributed by atoms with Crippen LogP contribution in [-0.2, 0) is 4.79 Å². The van der Waals surface area contributed by atoms with Crippen molar-refractivity contribution in [3.05, 3.63) is 47.5 Å². The van der Waals surface area contributed by atoms with Crippen molar-refractivity contribution >= 4 is 11.9 Å². The average Bonchev–Trinajstić information content (AvgIpc) is 2.32. The van der Waals surface area contributed by atoms with E-state index in [9.17, 15) is 9.59 Å². The monoisotopic (exact) mass is 261 g/mol. The van der Waals surface area contributed by atoms with Crippen LogP contribution in [0.1, 0.15) is 34.3 Å². The first-order valence-electron chi connectivity index (χ1n) is 6.17. The molecule has 0 unspecified atom stereocenters. The number of hydrogen-bond acceptors (Lipinski definition) is 2. The Labute approximate surface area is 113 Å². The maximum absolute atomic E-state index is 12.0. The maximum Gasteiger partial charge on any atom is 0.326 e. The molecule has 1 aromatic rings. The minimum Gasteiger partial charge on any atom is -0.480 e. The number of benzene rings is 1. The van der Waals surface area contributed by atoms with Gasteiger partial charge in [-0.25, -0.2) is 4.79 Å². The van der Waals surface area contributed by atoms with Crippen LogP contribution in [0.3, 0.4) is 0 Å². The van der Waals surface area contributed by atoms with Crippen LogP contribution >= 0.6 is 0 Å². The normalized spacial score (nSPS) is 11.7. The first-order chi connectivity index (χ1) is 8.93. The van der Waals surface area contributed by atoms with Crippen molar-refractivity contribution in [1.82, 2.24) is 5.32 Å². The number of allylic oxidation sites excluding steroid dienone is 1. The van der Waals surface area contributed by atoms with Gasteiger partial charge in [0.15, 0.2) is 0 Å². The van der Waals surface area contributed by atoms with Gasteiger partial charge < -0.3 is 10.4 Å². The van der Waals surface area contributed by atoms with Crippen molar-refractivity contribution in [2.24, 2.45) is 0 Å². The van der Waals surface area contributed by atoms with Crippen LogP contribution in [0.5, 0.6) is 0 Å². The van der Waals surface area contributed by atoms with Crippen LogP contribution in [0.4, 0.5) is 0 Å². The Morgan fingerprint density at radius 3 is 2.37 bits per heavy atom. The van der Waals surface area contributed by atoms with Crippen molar-refractivity contribution in [3.63, 3.8) is 0 Å². The molecule has 2 N–H and O–H groups in total. The molecule has 4 nitrogen and oxygen atoms in total. The number of carboxylic acids is 1. The third-order valence-electron chi connectivity index (χ3n) is 2.75. The second-order valence-electron chi connectivity index (χ2n) is 4.61. The number of carbonyl (C=O) groups excluding carboxylic acids is 1. The molecule has 0 aliphatic rings. The molecule has 0 aliphatic carbocycles. The van der Waals surface area contributed by atoms with Crippen molar-refractivity contribution in [2.45, 2.75) is 32.7 Å². The molecule has 0 heterocycles. The Kier molecular flexibility index (Phi) is 5.30. The molecule has 0 aliphatic heterocycles. The molecule has 4 heteroatoms. The van der Waals surface area contributed by atoms with Gasteiger partial charge >= 0.3 is 5.97 Å². The predicted molar refractivity (Wildman–Crippen MR) is 74.2 cm³/mol. The van der Waals surface area contributed by atoms with E-state index in [0.29, 0.717) is 18.4 Å². The summed E-state index contributed by atoms with van der Waals surface area (Å²) in [7, 11) is 0. The standard InChI is InChI=1S/C15H19NO3/c1-4-5-6-13(15(18)19)16-14(17)12-8-10(2)7-11(3)9-12/h4,7-9,13H,1,5-6H2,2-3H3,(H,16,17)(H,18,19)/t13-/m1/s1. The molecule has 0 aromatic heterocycles. The summed E-state index contributed by atoms with van der Waals surface area (Å²) in [6.45, 7) is 7.34. The van der Waals surface area contributed by atoms with Crippen LogP contribution in [0, 0.1) is 13.8 Å². The number of amides is 1. The average molecular weight is 261 g/mol. The van der Waals surface area contributed by atoms with E-state index in [1.165, 1.54) is 0 Å². The van der Waals surface area contributed by atoms with E-state index >= 15 is 0 Å². The molecule has 0 saturated carbocycles. The fraction of sp³-hybridized carbons (Fsp3) is 0.333. The molecule has 1 aromatic carbocycles. The summed E-state index contributed by atoms with van der Waals surface area (Å²) in [5, 5.41) is 11.6. The number of rotatable bonds is 6. The largest absolute Gasteiger partial charge is 0.480 e. The lowest BCUT2D eigenvalue weighted by Crippen LogP contribution is -2.40. The van der Waals surface area contributed by atoms with E-state index in [-0.39, 0.29) is 5.91 Å². The minimum atomic E-state index is -1.03. The molecule has 1 rings (SSSR count). The van der Waals surface area contributed by atoms with Crippen molar-refractivity contribution in [1.29, 1.82) is 0 Å². The third-order valence-corrected chi connectivity index (χ3v) is 2.75. The van der Waals surface area contributed by atoms with E-state index in [1.807, 2.05) is 19.9 Å². The van der Waals surface area contributed by atoms with Crippen LogP contribution in [0.25, 0.3) is 0 Å². The van der Waals surface area contributed by atoms with Gasteiger partial charge in [0, 0.05) is 5.56 Å². The zero-order valence-corrected chi connectivity index (χ0v) is 11.3. The van der Waals surface area contributed by atoms with Gasteiger partial charge in [-0.3, -0.25) is 4.79 Å². The molecule has 0 spiro atoms. The second kappa shape index (κ2) is 6.73. The maximum atomic E-state index is 12.0. The lowest BCUT2D eigenvalue weighted by atomic mass is 10.1. The highest BCUT2D eigenvalue weighted by Crippen LogP contribution is 2.09. The first kappa shape index (κ1) is 15.0. The third kappa shape index (κ3) is 4.58. The predicted octanol–water partition coefficient (Wildman–Crippen LogP) is 2.45. The zero-order chi connectivity index (χ0) is 14.4. The van der Waals surface area contributed by atoms with Crippen molar-refractivity contribution in [3.8, 4) is 0 Å². The highest BCUT2D eigenvalue weighted by atomic mass is 16.4. The fourth-order valence-electron chi connectivity index (χ4n) is 1.89. The van der Waals surface area contributed by atoms with Gasteiger partial charge in [-0.05, 0) is 38.8 Å². The Morgan fingerprint density at radius 1 is 1.32 bits per heavy atom. The Bertz CT molecular complexity index is 474. The van der Waals surface area contributed by atoms with Crippen molar-refractivity contribution < 1.29 is 14.7 Å². The number of aliphatic carboxylic acids is 1. The quantitative estimate of drug-likeness (QED) is 0.773. The second-order valence-corrected chi connectivity index (χ2v) is 4.61. The molecule has 1 atom stereocenters. The molecular formula is C15H19NO3. The zero-order valence-electron chi connectivity index (χ0n) is 11.3. The van der Waals surface area contributed by atoms with E-state index in [0.717, 1.165) is 11.1 Å². The van der Waals surface area contributed by atoms with Crippen LogP contribution in [0.2, 0.25) is 0 Å². The summed E-state index contributed by atoms with van der Waals surface area (Å²) in [5.41, 5.74) is 2.44. The minimum absolute atomic E-state index is 0.343. The van der Waals surface area contributed by atoms with Gasteiger partial charge in [0.1, 0.15) is 6.04 Å². The van der Waals surface area contributed by atoms with E-state index in [2.05, 4.69) is 11.9 Å². The van der Waals surface area contributed by atoms with E-state index < -0.39 is 12.0 Å². The van der Waals surface area contributed by atoms with Crippen LogP contribution in [-0.4, -0.2) is 23.0 Å². The Balaban J connectivity index is 2.81. The molecule has 0 radical (unpaired) electrons. The summed E-state index contributed by atoms with van der Waals surface area (Å²) in [5.74, 6) is -1.39. The number of carbonyl (C=O) groups is 2. The summed E-state index contributed by atoms with van der Waals surface area (Å²) >= 11 is 0. The van der Waals surface area contributed by atoms with Crippen LogP contribution < -0.4 is 5.32 Å². The van der Waals surface area contributed by atoms with Crippen LogP contribution in [0.15, 0.2) is 30.9 Å². The lowest BCUT2D eigenvalue weighted by molar-refractivity contribution is -0.139. The Morgan fingerprint density at radius 2 is 1.89 bits per heavy atom. The molecular weight excluding hydrogens is 242 g/mol. The summed E-state index contributed by atoms with van der Waals surface area (Å²) < 4.78 is 0. The van der Waals surface area contributed by atoms with E-state index in [4.69, 9.17) is 5.11 Å². The fourth-order valence-corrected chi connectivity index (χ4v) is 1.89. The lowest BCUT2D eigenvalue weighted by Gasteiger charge is -2.14. The highest BCUT2D eigenvalue weighted by Gasteiger charge is 2.19. The molecule has 0 saturated heterocycles. The molecule has 19 heavy (non-hydrogen) atoms. The summed E-state index contributed by atoms with van der Waals surface area (Å²) in [6.07, 6.45) is 2.53. The van der Waals surface area contributed by atoms with Gasteiger partial charge in [-0.2, -0.15) is 0 Å². The first-order valence-corrected chi connectivity index (χ1v) is 6.17. The topological polar surface area (TPSA) is 66.4 Å². The number of nitrogens with one attached hydrogen (secondary N) is 1. The molecule has 1 amide bonds. The van der Waals surface area contributed by atoms with Gasteiger partial charge in [-0.15, -0.1) is 6.58 Å². The SMILES string of the molecule is C=CCC[C@@H](NC(=O)c1cc(C)cc(C)c1)C(=O)O.